The fourth-order valence-corrected chi connectivity index (χ4v) is 3.72. The van der Waals surface area contributed by atoms with Crippen LogP contribution in [0.1, 0.15) is 40.0 Å². The van der Waals surface area contributed by atoms with E-state index in [4.69, 9.17) is 0 Å². The second-order valence-corrected chi connectivity index (χ2v) is 4.80. The molecule has 0 aromatic rings. The molecule has 0 heterocycles. The van der Waals surface area contributed by atoms with E-state index in [1.807, 2.05) is 0 Å². The van der Waals surface area contributed by atoms with E-state index in [-0.39, 0.29) is 0 Å². The largest absolute Gasteiger partial charge is 0.0651 e. The molecule has 2 fully saturated rings. The summed E-state index contributed by atoms with van der Waals surface area (Å²) in [5.41, 5.74) is 0. The number of hydrogen-bond acceptors (Lipinski definition) is 0. The van der Waals surface area contributed by atoms with E-state index in [1.165, 1.54) is 12.8 Å². The highest BCUT2D eigenvalue weighted by atomic mass is 14.5. The van der Waals surface area contributed by atoms with Crippen molar-refractivity contribution in [3.05, 3.63) is 0 Å². The first-order valence-corrected chi connectivity index (χ1v) is 5.24. The second kappa shape index (κ2) is 2.50. The van der Waals surface area contributed by atoms with Crippen molar-refractivity contribution in [1.29, 1.82) is 0 Å². The molecule has 2 aliphatic rings. The van der Waals surface area contributed by atoms with Gasteiger partial charge in [0.25, 0.3) is 0 Å². The van der Waals surface area contributed by atoms with Crippen LogP contribution in [0, 0.1) is 29.6 Å². The molecule has 2 saturated carbocycles. The Morgan fingerprint density at radius 1 is 1.09 bits per heavy atom. The van der Waals surface area contributed by atoms with E-state index < -0.39 is 0 Å². The highest BCUT2D eigenvalue weighted by Crippen LogP contribution is 2.56. The molecule has 0 amide bonds. The maximum absolute atomic E-state index is 2.48. The Morgan fingerprint density at radius 3 is 2.18 bits per heavy atom. The summed E-state index contributed by atoms with van der Waals surface area (Å²) in [6.07, 6.45) is 4.51. The van der Waals surface area contributed by atoms with E-state index in [9.17, 15) is 0 Å². The van der Waals surface area contributed by atoms with Gasteiger partial charge in [0.05, 0.1) is 0 Å². The molecule has 0 heteroatoms. The molecule has 0 N–H and O–H groups in total. The molecule has 0 aromatic heterocycles. The van der Waals surface area contributed by atoms with Crippen molar-refractivity contribution >= 4 is 0 Å². The zero-order valence-corrected chi connectivity index (χ0v) is 8.01. The monoisotopic (exact) mass is 152 g/mol. The zero-order valence-electron chi connectivity index (χ0n) is 8.01. The maximum atomic E-state index is 2.48. The molecule has 5 atom stereocenters. The number of rotatable bonds is 1. The van der Waals surface area contributed by atoms with Crippen molar-refractivity contribution in [2.75, 3.05) is 0 Å². The molecule has 0 radical (unpaired) electrons. The van der Waals surface area contributed by atoms with Gasteiger partial charge in [0, 0.05) is 0 Å². The van der Waals surface area contributed by atoms with Gasteiger partial charge in [0.2, 0.25) is 0 Å². The minimum Gasteiger partial charge on any atom is -0.0651 e. The molecule has 2 rings (SSSR count). The van der Waals surface area contributed by atoms with Gasteiger partial charge >= 0.3 is 0 Å². The molecule has 0 nitrogen and oxygen atoms in total. The fourth-order valence-electron chi connectivity index (χ4n) is 3.72. The molecule has 64 valence electrons. The second-order valence-electron chi connectivity index (χ2n) is 4.80. The molecule has 2 bridgehead atoms. The van der Waals surface area contributed by atoms with Crippen LogP contribution in [0.3, 0.4) is 0 Å². The molecule has 0 aliphatic heterocycles. The van der Waals surface area contributed by atoms with Crippen LogP contribution in [-0.2, 0) is 0 Å². The lowest BCUT2D eigenvalue weighted by Gasteiger charge is -2.24. The third-order valence-corrected chi connectivity index (χ3v) is 4.43. The van der Waals surface area contributed by atoms with Crippen molar-refractivity contribution in [3.8, 4) is 0 Å². The van der Waals surface area contributed by atoms with E-state index in [0.29, 0.717) is 0 Å². The van der Waals surface area contributed by atoms with Gasteiger partial charge in [-0.2, -0.15) is 0 Å². The molecule has 11 heavy (non-hydrogen) atoms. The highest BCUT2D eigenvalue weighted by Gasteiger charge is 2.48. The van der Waals surface area contributed by atoms with Crippen LogP contribution in [0.2, 0.25) is 0 Å². The topological polar surface area (TPSA) is 0 Å². The van der Waals surface area contributed by atoms with Gasteiger partial charge in [-0.1, -0.05) is 27.2 Å². The molecular formula is C11H20. The first-order valence-electron chi connectivity index (χ1n) is 5.24. The van der Waals surface area contributed by atoms with Crippen LogP contribution in [0.4, 0.5) is 0 Å². The Bertz CT molecular complexity index is 148. The third-order valence-electron chi connectivity index (χ3n) is 4.43. The third kappa shape index (κ3) is 0.947. The Hall–Kier alpha value is 0. The van der Waals surface area contributed by atoms with Gasteiger partial charge in [-0.05, 0) is 42.4 Å². The summed E-state index contributed by atoms with van der Waals surface area (Å²) >= 11 is 0. The summed E-state index contributed by atoms with van der Waals surface area (Å²) < 4.78 is 0. The minimum atomic E-state index is 1.04. The van der Waals surface area contributed by atoms with Crippen molar-refractivity contribution in [2.24, 2.45) is 29.6 Å². The van der Waals surface area contributed by atoms with Gasteiger partial charge in [-0.25, -0.2) is 0 Å². The first-order chi connectivity index (χ1) is 5.24. The summed E-state index contributed by atoms with van der Waals surface area (Å²) in [6.45, 7) is 7.30. The van der Waals surface area contributed by atoms with Crippen LogP contribution >= 0.6 is 0 Å². The Balaban J connectivity index is 2.11. The smallest absolute Gasteiger partial charge is 0.0355 e. The lowest BCUT2D eigenvalue weighted by atomic mass is 9.82. The van der Waals surface area contributed by atoms with E-state index >= 15 is 0 Å². The standard InChI is InChI=1S/C11H20/c1-4-9-6-10-7(2)5-11(9)8(10)3/h7-11H,4-6H2,1-3H3. The summed E-state index contributed by atoms with van der Waals surface area (Å²) in [5.74, 6) is 5.36. The molecule has 0 saturated heterocycles. The predicted octanol–water partition coefficient (Wildman–Crippen LogP) is 3.32. The summed E-state index contributed by atoms with van der Waals surface area (Å²) in [6, 6.07) is 0. The molecule has 2 aliphatic carbocycles. The van der Waals surface area contributed by atoms with Gasteiger partial charge < -0.3 is 0 Å². The lowest BCUT2D eigenvalue weighted by Crippen LogP contribution is -2.14. The van der Waals surface area contributed by atoms with Crippen LogP contribution in [0.5, 0.6) is 0 Å². The molecule has 0 spiro atoms. The van der Waals surface area contributed by atoms with Crippen molar-refractivity contribution in [3.63, 3.8) is 0 Å². The summed E-state index contributed by atoms with van der Waals surface area (Å²) in [5, 5.41) is 0. The number of fused-ring (bicyclic) bond motifs is 2. The minimum absolute atomic E-state index is 1.04. The fraction of sp³-hybridized carbons (Fsp3) is 1.00. The summed E-state index contributed by atoms with van der Waals surface area (Å²) in [7, 11) is 0. The zero-order chi connectivity index (χ0) is 8.01. The van der Waals surface area contributed by atoms with Crippen LogP contribution in [0.25, 0.3) is 0 Å². The Kier molecular flexibility index (Phi) is 1.74. The van der Waals surface area contributed by atoms with E-state index in [0.717, 1.165) is 29.6 Å². The van der Waals surface area contributed by atoms with Crippen molar-refractivity contribution < 1.29 is 0 Å². The average molecular weight is 152 g/mol. The maximum Gasteiger partial charge on any atom is -0.0355 e. The van der Waals surface area contributed by atoms with Gasteiger partial charge in [0.15, 0.2) is 0 Å². The van der Waals surface area contributed by atoms with Crippen LogP contribution < -0.4 is 0 Å². The molecule has 5 unspecified atom stereocenters. The normalized spacial score (nSPS) is 55.4. The average Bonchev–Trinajstić information content (AvgIpc) is 2.43. The van der Waals surface area contributed by atoms with Gasteiger partial charge in [-0.3, -0.25) is 0 Å². The quantitative estimate of drug-likeness (QED) is 0.540. The Labute approximate surface area is 70.4 Å². The van der Waals surface area contributed by atoms with Crippen molar-refractivity contribution in [1.82, 2.24) is 0 Å². The van der Waals surface area contributed by atoms with Crippen molar-refractivity contribution in [2.45, 2.75) is 40.0 Å². The SMILES string of the molecule is CCC1CC2C(C)CC1C2C. The summed E-state index contributed by atoms with van der Waals surface area (Å²) in [4.78, 5) is 0. The van der Waals surface area contributed by atoms with E-state index in [2.05, 4.69) is 20.8 Å². The molecular weight excluding hydrogens is 132 g/mol. The first kappa shape index (κ1) is 7.64. The van der Waals surface area contributed by atoms with Gasteiger partial charge in [-0.15, -0.1) is 0 Å². The van der Waals surface area contributed by atoms with Crippen LogP contribution in [0.15, 0.2) is 0 Å². The Morgan fingerprint density at radius 2 is 1.82 bits per heavy atom. The van der Waals surface area contributed by atoms with Crippen LogP contribution in [-0.4, -0.2) is 0 Å². The number of hydrogen-bond donors (Lipinski definition) is 0. The molecule has 0 aromatic carbocycles. The van der Waals surface area contributed by atoms with Gasteiger partial charge in [0.1, 0.15) is 0 Å². The lowest BCUT2D eigenvalue weighted by molar-refractivity contribution is 0.265. The predicted molar refractivity (Wildman–Crippen MR) is 48.3 cm³/mol. The highest BCUT2D eigenvalue weighted by molar-refractivity contribution is 4.97. The van der Waals surface area contributed by atoms with E-state index in [1.54, 1.807) is 6.42 Å².